The Hall–Kier alpha value is -2.91. The molecule has 9 heteroatoms. The summed E-state index contributed by atoms with van der Waals surface area (Å²) in [4.78, 5) is 23.9. The van der Waals surface area contributed by atoms with Gasteiger partial charge in [-0.25, -0.2) is 17.5 Å². The number of ether oxygens (including phenoxy) is 2. The molecule has 29 heavy (non-hydrogen) atoms. The number of nitrogens with one attached hydrogen (secondary N) is 1. The largest absolute Gasteiger partial charge is 0.482 e. The molecule has 0 unspecified atom stereocenters. The second kappa shape index (κ2) is 9.53. The van der Waals surface area contributed by atoms with E-state index in [-0.39, 0.29) is 17.2 Å². The predicted octanol–water partition coefficient (Wildman–Crippen LogP) is 2.11. The van der Waals surface area contributed by atoms with E-state index in [0.29, 0.717) is 5.75 Å². The monoisotopic (exact) mass is 420 g/mol. The molecule has 0 aromatic heterocycles. The van der Waals surface area contributed by atoms with E-state index in [4.69, 9.17) is 9.47 Å². The van der Waals surface area contributed by atoms with Crippen molar-refractivity contribution < 1.29 is 27.5 Å². The summed E-state index contributed by atoms with van der Waals surface area (Å²) >= 11 is 0. The summed E-state index contributed by atoms with van der Waals surface area (Å²) in [5.41, 5.74) is 2.16. The highest BCUT2D eigenvalue weighted by Gasteiger charge is 2.18. The highest BCUT2D eigenvalue weighted by atomic mass is 32.2. The van der Waals surface area contributed by atoms with E-state index in [1.807, 2.05) is 32.0 Å². The molecular formula is C20H24N2O6S. The number of hydrogen-bond donors (Lipinski definition) is 1. The minimum Gasteiger partial charge on any atom is -0.482 e. The van der Waals surface area contributed by atoms with Gasteiger partial charge in [0.05, 0.1) is 4.90 Å². The van der Waals surface area contributed by atoms with Crippen LogP contribution in [0.4, 0.5) is 5.69 Å². The lowest BCUT2D eigenvalue weighted by atomic mass is 10.1. The van der Waals surface area contributed by atoms with Gasteiger partial charge in [-0.05, 0) is 49.2 Å². The van der Waals surface area contributed by atoms with Crippen LogP contribution in [0.3, 0.4) is 0 Å². The summed E-state index contributed by atoms with van der Waals surface area (Å²) in [5, 5.41) is 2.50. The predicted molar refractivity (Wildman–Crippen MR) is 108 cm³/mol. The molecule has 0 spiro atoms. The van der Waals surface area contributed by atoms with Gasteiger partial charge in [0.15, 0.2) is 13.2 Å². The molecule has 0 saturated carbocycles. The van der Waals surface area contributed by atoms with E-state index < -0.39 is 28.5 Å². The first kappa shape index (κ1) is 22.4. The highest BCUT2D eigenvalue weighted by molar-refractivity contribution is 7.89. The molecule has 0 aliphatic carbocycles. The number of anilines is 1. The summed E-state index contributed by atoms with van der Waals surface area (Å²) in [7, 11) is -0.787. The molecule has 0 radical (unpaired) electrons. The van der Waals surface area contributed by atoms with Crippen LogP contribution in [0.2, 0.25) is 0 Å². The van der Waals surface area contributed by atoms with Gasteiger partial charge in [0.1, 0.15) is 5.75 Å². The smallest absolute Gasteiger partial charge is 0.344 e. The van der Waals surface area contributed by atoms with Gasteiger partial charge in [0, 0.05) is 19.8 Å². The number of esters is 1. The fourth-order valence-corrected chi connectivity index (χ4v) is 3.28. The first-order valence-corrected chi connectivity index (χ1v) is 10.2. The summed E-state index contributed by atoms with van der Waals surface area (Å²) in [6, 6.07) is 11.4. The van der Waals surface area contributed by atoms with Crippen molar-refractivity contribution in [1.29, 1.82) is 0 Å². The first-order chi connectivity index (χ1) is 13.6. The maximum atomic E-state index is 12.1. The number of nitrogens with zero attached hydrogens (tertiary/aromatic N) is 1. The number of carbonyl (C=O) groups is 2. The van der Waals surface area contributed by atoms with Crippen LogP contribution in [0.5, 0.6) is 5.75 Å². The molecule has 0 bridgehead atoms. The molecule has 0 fully saturated rings. The maximum Gasteiger partial charge on any atom is 0.344 e. The normalized spacial score (nSPS) is 11.2. The third kappa shape index (κ3) is 6.30. The standard InChI is InChI=1S/C20H24N2O6S/c1-14-8-9-15(2)18(10-14)27-13-20(24)28-12-19(23)21-16-6-5-7-17(11-16)29(25,26)22(3)4/h5-11H,12-13H2,1-4H3,(H,21,23). The number of carbonyl (C=O) groups excluding carboxylic acids is 2. The average molecular weight is 420 g/mol. The number of benzene rings is 2. The van der Waals surface area contributed by atoms with Gasteiger partial charge in [-0.15, -0.1) is 0 Å². The van der Waals surface area contributed by atoms with Gasteiger partial charge in [-0.2, -0.15) is 0 Å². The second-order valence-electron chi connectivity index (χ2n) is 6.58. The lowest BCUT2D eigenvalue weighted by Crippen LogP contribution is -2.24. The topological polar surface area (TPSA) is 102 Å². The number of amides is 1. The van der Waals surface area contributed by atoms with E-state index >= 15 is 0 Å². The molecule has 2 aromatic carbocycles. The molecule has 2 aromatic rings. The van der Waals surface area contributed by atoms with Crippen LogP contribution in [0, 0.1) is 13.8 Å². The van der Waals surface area contributed by atoms with Crippen LogP contribution >= 0.6 is 0 Å². The van der Waals surface area contributed by atoms with Crippen molar-refractivity contribution in [3.8, 4) is 5.75 Å². The Morgan fingerprint density at radius 3 is 2.45 bits per heavy atom. The summed E-state index contributed by atoms with van der Waals surface area (Å²) in [6.07, 6.45) is 0. The zero-order valence-corrected chi connectivity index (χ0v) is 17.6. The second-order valence-corrected chi connectivity index (χ2v) is 8.73. The zero-order chi connectivity index (χ0) is 21.6. The Morgan fingerprint density at radius 2 is 1.76 bits per heavy atom. The number of sulfonamides is 1. The van der Waals surface area contributed by atoms with Gasteiger partial charge < -0.3 is 14.8 Å². The van der Waals surface area contributed by atoms with Crippen molar-refractivity contribution in [2.24, 2.45) is 0 Å². The van der Waals surface area contributed by atoms with Gasteiger partial charge in [0.2, 0.25) is 10.0 Å². The van der Waals surface area contributed by atoms with Gasteiger partial charge in [-0.1, -0.05) is 18.2 Å². The van der Waals surface area contributed by atoms with Crippen LogP contribution < -0.4 is 10.1 Å². The zero-order valence-electron chi connectivity index (χ0n) is 16.8. The Morgan fingerprint density at radius 1 is 1.03 bits per heavy atom. The molecule has 0 aliphatic rings. The van der Waals surface area contributed by atoms with E-state index in [9.17, 15) is 18.0 Å². The molecule has 0 atom stereocenters. The first-order valence-electron chi connectivity index (χ1n) is 8.77. The lowest BCUT2D eigenvalue weighted by molar-refractivity contribution is -0.149. The quantitative estimate of drug-likeness (QED) is 0.657. The molecular weight excluding hydrogens is 396 g/mol. The van der Waals surface area contributed by atoms with Crippen LogP contribution in [0.15, 0.2) is 47.4 Å². The molecule has 0 saturated heterocycles. The summed E-state index contributed by atoms with van der Waals surface area (Å²) in [5.74, 6) is -0.709. The van der Waals surface area contributed by atoms with Crippen LogP contribution in [0.25, 0.3) is 0 Å². The molecule has 156 valence electrons. The fourth-order valence-electron chi connectivity index (χ4n) is 2.33. The minimum absolute atomic E-state index is 0.0409. The molecule has 2 rings (SSSR count). The average Bonchev–Trinajstić information content (AvgIpc) is 2.67. The third-order valence-electron chi connectivity index (χ3n) is 3.95. The van der Waals surface area contributed by atoms with Crippen LogP contribution in [-0.4, -0.2) is 51.9 Å². The molecule has 8 nitrogen and oxygen atoms in total. The van der Waals surface area contributed by atoms with Crippen LogP contribution in [-0.2, 0) is 24.3 Å². The highest BCUT2D eigenvalue weighted by Crippen LogP contribution is 2.19. The summed E-state index contributed by atoms with van der Waals surface area (Å²) < 4.78 is 35.7. The Labute approximate surface area is 170 Å². The molecule has 0 heterocycles. The van der Waals surface area contributed by atoms with E-state index in [1.54, 1.807) is 0 Å². The van der Waals surface area contributed by atoms with Crippen LogP contribution in [0.1, 0.15) is 11.1 Å². The minimum atomic E-state index is -3.62. The van der Waals surface area contributed by atoms with Crippen molar-refractivity contribution in [1.82, 2.24) is 4.31 Å². The van der Waals surface area contributed by atoms with Gasteiger partial charge >= 0.3 is 5.97 Å². The number of aryl methyl sites for hydroxylation is 2. The van der Waals surface area contributed by atoms with E-state index in [1.165, 1.54) is 38.4 Å². The number of hydrogen-bond acceptors (Lipinski definition) is 6. The van der Waals surface area contributed by atoms with Crippen molar-refractivity contribution in [2.45, 2.75) is 18.7 Å². The molecule has 1 N–H and O–H groups in total. The Kier molecular flexibility index (Phi) is 7.35. The van der Waals surface area contributed by atoms with Crippen molar-refractivity contribution >= 4 is 27.6 Å². The van der Waals surface area contributed by atoms with Crippen molar-refractivity contribution in [2.75, 3.05) is 32.6 Å². The fraction of sp³-hybridized carbons (Fsp3) is 0.300. The van der Waals surface area contributed by atoms with Crippen molar-refractivity contribution in [3.63, 3.8) is 0 Å². The summed E-state index contributed by atoms with van der Waals surface area (Å²) in [6.45, 7) is 2.93. The van der Waals surface area contributed by atoms with Crippen molar-refractivity contribution in [3.05, 3.63) is 53.6 Å². The van der Waals surface area contributed by atoms with Gasteiger partial charge in [0.25, 0.3) is 5.91 Å². The Bertz CT molecular complexity index is 1000. The third-order valence-corrected chi connectivity index (χ3v) is 5.76. The number of rotatable bonds is 8. The van der Waals surface area contributed by atoms with Gasteiger partial charge in [-0.3, -0.25) is 4.79 Å². The Balaban J connectivity index is 1.87. The lowest BCUT2D eigenvalue weighted by Gasteiger charge is -2.13. The molecule has 1 amide bonds. The maximum absolute atomic E-state index is 12.1. The molecule has 0 aliphatic heterocycles. The van der Waals surface area contributed by atoms with E-state index in [2.05, 4.69) is 5.32 Å². The SMILES string of the molecule is Cc1ccc(C)c(OCC(=O)OCC(=O)Nc2cccc(S(=O)(=O)N(C)C)c2)c1. The van der Waals surface area contributed by atoms with E-state index in [0.717, 1.165) is 15.4 Å².